The Morgan fingerprint density at radius 1 is 1.18 bits per heavy atom. The van der Waals surface area contributed by atoms with Gasteiger partial charge in [0.2, 0.25) is 0 Å². The normalized spacial score (nSPS) is 23.9. The number of allylic oxidation sites excluding steroid dienone is 1. The molecule has 1 rings (SSSR count). The average molecular weight is 240 g/mol. The van der Waals surface area contributed by atoms with Crippen LogP contribution in [0, 0.1) is 5.92 Å². The summed E-state index contributed by atoms with van der Waals surface area (Å²) in [5.74, 6) is -0.505. The first-order chi connectivity index (χ1) is 8.24. The van der Waals surface area contributed by atoms with Crippen LogP contribution in [0.25, 0.3) is 0 Å². The highest BCUT2D eigenvalue weighted by Crippen LogP contribution is 2.16. The summed E-state index contributed by atoms with van der Waals surface area (Å²) in [6, 6.07) is 0. The highest BCUT2D eigenvalue weighted by Gasteiger charge is 2.19. The minimum absolute atomic E-state index is 0.167. The summed E-state index contributed by atoms with van der Waals surface area (Å²) in [7, 11) is 0. The van der Waals surface area contributed by atoms with Crippen LogP contribution in [-0.2, 0) is 19.1 Å². The Hall–Kier alpha value is -1.32. The lowest BCUT2D eigenvalue weighted by atomic mass is 9.98. The molecule has 0 bridgehead atoms. The van der Waals surface area contributed by atoms with Crippen molar-refractivity contribution in [3.63, 3.8) is 0 Å². The van der Waals surface area contributed by atoms with Gasteiger partial charge in [0.15, 0.2) is 0 Å². The molecule has 1 fully saturated rings. The second-order valence-electron chi connectivity index (χ2n) is 4.21. The lowest BCUT2D eigenvalue weighted by Crippen LogP contribution is -2.19. The predicted octanol–water partition coefficient (Wildman–Crippen LogP) is 2.23. The second kappa shape index (κ2) is 7.87. The van der Waals surface area contributed by atoms with E-state index in [1.165, 1.54) is 0 Å². The van der Waals surface area contributed by atoms with E-state index in [4.69, 9.17) is 9.47 Å². The zero-order valence-corrected chi connectivity index (χ0v) is 10.2. The SMILES string of the molecule is C=CCC1CCCC(=O)OCCCCOC1=O. The van der Waals surface area contributed by atoms with Gasteiger partial charge >= 0.3 is 11.9 Å². The first-order valence-electron chi connectivity index (χ1n) is 6.17. The Kier molecular flexibility index (Phi) is 6.37. The standard InChI is InChI=1S/C13H20O4/c1-2-6-11-7-5-8-12(14)16-9-3-4-10-17-13(11)15/h2,11H,1,3-10H2. The maximum absolute atomic E-state index is 11.7. The van der Waals surface area contributed by atoms with Gasteiger partial charge in [0.25, 0.3) is 0 Å². The molecule has 0 aromatic rings. The van der Waals surface area contributed by atoms with Gasteiger partial charge in [0, 0.05) is 6.42 Å². The molecule has 0 radical (unpaired) electrons. The summed E-state index contributed by atoms with van der Waals surface area (Å²) in [4.78, 5) is 23.0. The van der Waals surface area contributed by atoms with Gasteiger partial charge in [-0.3, -0.25) is 9.59 Å². The van der Waals surface area contributed by atoms with Gasteiger partial charge in [-0.05, 0) is 32.1 Å². The van der Waals surface area contributed by atoms with Gasteiger partial charge in [0.1, 0.15) is 0 Å². The van der Waals surface area contributed by atoms with Crippen LogP contribution in [0.4, 0.5) is 0 Å². The fraction of sp³-hybridized carbons (Fsp3) is 0.692. The third kappa shape index (κ3) is 5.52. The molecule has 4 heteroatoms. The summed E-state index contributed by atoms with van der Waals surface area (Å²) in [6.07, 6.45) is 5.49. The van der Waals surface area contributed by atoms with E-state index in [9.17, 15) is 9.59 Å². The number of esters is 2. The van der Waals surface area contributed by atoms with Crippen molar-refractivity contribution in [1.29, 1.82) is 0 Å². The Morgan fingerprint density at radius 2 is 1.88 bits per heavy atom. The molecule has 0 aliphatic carbocycles. The Bertz CT molecular complexity index is 273. The van der Waals surface area contributed by atoms with Gasteiger partial charge in [-0.2, -0.15) is 0 Å². The third-order valence-electron chi connectivity index (χ3n) is 2.76. The van der Waals surface area contributed by atoms with E-state index < -0.39 is 0 Å². The molecule has 0 amide bonds. The van der Waals surface area contributed by atoms with Crippen LogP contribution in [0.5, 0.6) is 0 Å². The highest BCUT2D eigenvalue weighted by molar-refractivity contribution is 5.73. The molecule has 0 N–H and O–H groups in total. The van der Waals surface area contributed by atoms with Crippen molar-refractivity contribution in [1.82, 2.24) is 0 Å². The van der Waals surface area contributed by atoms with E-state index in [-0.39, 0.29) is 17.9 Å². The maximum Gasteiger partial charge on any atom is 0.309 e. The Morgan fingerprint density at radius 3 is 2.59 bits per heavy atom. The molecule has 0 aromatic carbocycles. The van der Waals surface area contributed by atoms with Crippen LogP contribution in [0.1, 0.15) is 38.5 Å². The minimum Gasteiger partial charge on any atom is -0.466 e. The van der Waals surface area contributed by atoms with Crippen LogP contribution >= 0.6 is 0 Å². The summed E-state index contributed by atoms with van der Waals surface area (Å²) in [5.41, 5.74) is 0. The van der Waals surface area contributed by atoms with Gasteiger partial charge < -0.3 is 9.47 Å². The van der Waals surface area contributed by atoms with Crippen molar-refractivity contribution >= 4 is 11.9 Å². The smallest absolute Gasteiger partial charge is 0.309 e. The van der Waals surface area contributed by atoms with E-state index in [0.29, 0.717) is 38.9 Å². The van der Waals surface area contributed by atoms with E-state index in [0.717, 1.165) is 12.8 Å². The van der Waals surface area contributed by atoms with Gasteiger partial charge in [-0.15, -0.1) is 6.58 Å². The largest absolute Gasteiger partial charge is 0.466 e. The Balaban J connectivity index is 2.49. The molecule has 0 aromatic heterocycles. The topological polar surface area (TPSA) is 52.6 Å². The lowest BCUT2D eigenvalue weighted by molar-refractivity contribution is -0.151. The summed E-state index contributed by atoms with van der Waals surface area (Å²) in [6.45, 7) is 4.46. The van der Waals surface area contributed by atoms with Gasteiger partial charge in [0.05, 0.1) is 19.1 Å². The first kappa shape index (κ1) is 13.7. The molecular weight excluding hydrogens is 220 g/mol. The summed E-state index contributed by atoms with van der Waals surface area (Å²) >= 11 is 0. The highest BCUT2D eigenvalue weighted by atomic mass is 16.5. The number of hydrogen-bond acceptors (Lipinski definition) is 4. The fourth-order valence-corrected chi connectivity index (χ4v) is 1.78. The first-order valence-corrected chi connectivity index (χ1v) is 6.17. The molecule has 0 spiro atoms. The van der Waals surface area contributed by atoms with Crippen LogP contribution in [0.2, 0.25) is 0 Å². The van der Waals surface area contributed by atoms with Crippen molar-refractivity contribution in [3.8, 4) is 0 Å². The van der Waals surface area contributed by atoms with E-state index in [1.54, 1.807) is 6.08 Å². The van der Waals surface area contributed by atoms with Crippen LogP contribution < -0.4 is 0 Å². The Labute approximate surface area is 102 Å². The van der Waals surface area contributed by atoms with E-state index in [2.05, 4.69) is 6.58 Å². The number of carbonyl (C=O) groups excluding carboxylic acids is 2. The zero-order chi connectivity index (χ0) is 12.5. The van der Waals surface area contributed by atoms with Crippen LogP contribution in [0.15, 0.2) is 12.7 Å². The lowest BCUT2D eigenvalue weighted by Gasteiger charge is -2.15. The van der Waals surface area contributed by atoms with Gasteiger partial charge in [-0.1, -0.05) is 6.08 Å². The number of hydrogen-bond donors (Lipinski definition) is 0. The van der Waals surface area contributed by atoms with E-state index in [1.807, 2.05) is 0 Å². The number of cyclic esters (lactones) is 2. The summed E-state index contributed by atoms with van der Waals surface area (Å²) in [5, 5.41) is 0. The molecule has 1 heterocycles. The van der Waals surface area contributed by atoms with Crippen LogP contribution in [-0.4, -0.2) is 25.2 Å². The minimum atomic E-state index is -0.170. The van der Waals surface area contributed by atoms with Crippen molar-refractivity contribution in [2.24, 2.45) is 5.92 Å². The quantitative estimate of drug-likeness (QED) is 0.548. The molecule has 4 nitrogen and oxygen atoms in total. The predicted molar refractivity (Wildman–Crippen MR) is 63.3 cm³/mol. The molecule has 1 saturated heterocycles. The second-order valence-corrected chi connectivity index (χ2v) is 4.21. The molecule has 1 aliphatic heterocycles. The number of carbonyl (C=O) groups is 2. The van der Waals surface area contributed by atoms with Crippen molar-refractivity contribution < 1.29 is 19.1 Å². The molecule has 1 atom stereocenters. The van der Waals surface area contributed by atoms with Crippen molar-refractivity contribution in [3.05, 3.63) is 12.7 Å². The molecular formula is C13H20O4. The van der Waals surface area contributed by atoms with Gasteiger partial charge in [-0.25, -0.2) is 0 Å². The summed E-state index contributed by atoms with van der Waals surface area (Å²) < 4.78 is 10.2. The third-order valence-corrected chi connectivity index (χ3v) is 2.76. The number of ether oxygens (including phenoxy) is 2. The fourth-order valence-electron chi connectivity index (χ4n) is 1.78. The van der Waals surface area contributed by atoms with Crippen molar-refractivity contribution in [2.45, 2.75) is 38.5 Å². The van der Waals surface area contributed by atoms with Crippen molar-refractivity contribution in [2.75, 3.05) is 13.2 Å². The molecule has 17 heavy (non-hydrogen) atoms. The van der Waals surface area contributed by atoms with E-state index >= 15 is 0 Å². The maximum atomic E-state index is 11.7. The molecule has 1 unspecified atom stereocenters. The average Bonchev–Trinajstić information content (AvgIpc) is 2.30. The molecule has 0 saturated carbocycles. The molecule has 96 valence electrons. The van der Waals surface area contributed by atoms with Crippen LogP contribution in [0.3, 0.4) is 0 Å². The monoisotopic (exact) mass is 240 g/mol. The number of rotatable bonds is 2. The molecule has 1 aliphatic rings. The zero-order valence-electron chi connectivity index (χ0n) is 10.2.